The first-order valence-corrected chi connectivity index (χ1v) is 8.83. The Morgan fingerprint density at radius 3 is 2.92 bits per heavy atom. The Balaban J connectivity index is 1.46. The lowest BCUT2D eigenvalue weighted by Crippen LogP contribution is -2.37. The topological polar surface area (TPSA) is 48.5 Å². The van der Waals surface area contributed by atoms with Gasteiger partial charge in [-0.15, -0.1) is 0 Å². The molecule has 0 bridgehead atoms. The number of hydrogen-bond donors (Lipinski definition) is 1. The summed E-state index contributed by atoms with van der Waals surface area (Å²) < 4.78 is 0. The van der Waals surface area contributed by atoms with E-state index in [0.29, 0.717) is 6.42 Å². The van der Waals surface area contributed by atoms with Gasteiger partial charge in [0.2, 0.25) is 5.91 Å². The third-order valence-electron chi connectivity index (χ3n) is 4.59. The number of carbonyl (C=O) groups is 1. The summed E-state index contributed by atoms with van der Waals surface area (Å²) in [6.07, 6.45) is 4.07. The van der Waals surface area contributed by atoms with Crippen molar-refractivity contribution in [2.75, 3.05) is 37.0 Å². The van der Waals surface area contributed by atoms with Crippen molar-refractivity contribution in [3.8, 4) is 0 Å². The highest BCUT2D eigenvalue weighted by Crippen LogP contribution is 2.18. The molecule has 0 saturated carbocycles. The molecule has 5 heteroatoms. The number of nitrogens with zero attached hydrogens (tertiary/aromatic N) is 3. The molecule has 1 aliphatic heterocycles. The average Bonchev–Trinajstić information content (AvgIpc) is 3.09. The maximum Gasteiger partial charge on any atom is 0.220 e. The summed E-state index contributed by atoms with van der Waals surface area (Å²) in [5, 5.41) is 3.17. The molecule has 0 spiro atoms. The number of pyridine rings is 1. The van der Waals surface area contributed by atoms with Gasteiger partial charge in [0, 0.05) is 51.5 Å². The number of nitrogens with one attached hydrogen (secondary N) is 1. The van der Waals surface area contributed by atoms with Crippen molar-refractivity contribution in [2.45, 2.75) is 25.3 Å². The molecular formula is C20H26N4O. The van der Waals surface area contributed by atoms with Crippen LogP contribution in [-0.2, 0) is 11.2 Å². The van der Waals surface area contributed by atoms with Crippen LogP contribution in [0, 0.1) is 0 Å². The fourth-order valence-electron chi connectivity index (χ4n) is 3.17. The van der Waals surface area contributed by atoms with Crippen LogP contribution in [0.1, 0.15) is 18.4 Å². The van der Waals surface area contributed by atoms with Gasteiger partial charge in [-0.1, -0.05) is 18.2 Å². The molecule has 25 heavy (non-hydrogen) atoms. The van der Waals surface area contributed by atoms with E-state index in [0.717, 1.165) is 31.7 Å². The standard InChI is InChI=1S/C20H26N4O/c1-23(2)18-7-5-6-16(14-18)9-10-20(25)22-17-11-13-24(15-17)19-8-3-4-12-21-19/h3-8,12,14,17H,9-11,13,15H2,1-2H3,(H,22,25). The van der Waals surface area contributed by atoms with Crippen molar-refractivity contribution < 1.29 is 4.79 Å². The molecule has 3 rings (SSSR count). The second-order valence-corrected chi connectivity index (χ2v) is 6.75. The normalized spacial score (nSPS) is 16.7. The van der Waals surface area contributed by atoms with Gasteiger partial charge >= 0.3 is 0 Å². The van der Waals surface area contributed by atoms with Crippen LogP contribution in [0.5, 0.6) is 0 Å². The highest BCUT2D eigenvalue weighted by molar-refractivity contribution is 5.76. The summed E-state index contributed by atoms with van der Waals surface area (Å²) in [4.78, 5) is 21.0. The Morgan fingerprint density at radius 2 is 2.16 bits per heavy atom. The third kappa shape index (κ3) is 4.72. The van der Waals surface area contributed by atoms with E-state index in [1.54, 1.807) is 0 Å². The molecule has 1 atom stereocenters. The first kappa shape index (κ1) is 17.3. The van der Waals surface area contributed by atoms with Gasteiger partial charge in [0.25, 0.3) is 0 Å². The molecule has 0 radical (unpaired) electrons. The van der Waals surface area contributed by atoms with Gasteiger partial charge in [0.05, 0.1) is 0 Å². The van der Waals surface area contributed by atoms with Crippen LogP contribution in [0.2, 0.25) is 0 Å². The van der Waals surface area contributed by atoms with Crippen LogP contribution in [0.25, 0.3) is 0 Å². The highest BCUT2D eigenvalue weighted by atomic mass is 16.1. The van der Waals surface area contributed by atoms with E-state index in [-0.39, 0.29) is 11.9 Å². The van der Waals surface area contributed by atoms with Gasteiger partial charge in [-0.3, -0.25) is 4.79 Å². The number of amides is 1. The Labute approximate surface area is 149 Å². The number of aromatic nitrogens is 1. The molecule has 2 aromatic rings. The molecule has 1 saturated heterocycles. The average molecular weight is 338 g/mol. The smallest absolute Gasteiger partial charge is 0.220 e. The van der Waals surface area contributed by atoms with Crippen molar-refractivity contribution in [1.29, 1.82) is 0 Å². The lowest BCUT2D eigenvalue weighted by atomic mass is 10.1. The van der Waals surface area contributed by atoms with Gasteiger partial charge in [-0.25, -0.2) is 4.98 Å². The summed E-state index contributed by atoms with van der Waals surface area (Å²) in [6, 6.07) is 14.5. The van der Waals surface area contributed by atoms with Crippen LogP contribution in [-0.4, -0.2) is 44.1 Å². The Morgan fingerprint density at radius 1 is 1.28 bits per heavy atom. The number of aryl methyl sites for hydroxylation is 1. The first-order chi connectivity index (χ1) is 12.1. The van der Waals surface area contributed by atoms with Crippen molar-refractivity contribution in [1.82, 2.24) is 10.3 Å². The van der Waals surface area contributed by atoms with Crippen LogP contribution in [0.4, 0.5) is 11.5 Å². The SMILES string of the molecule is CN(C)c1cccc(CCC(=O)NC2CCN(c3ccccn3)C2)c1. The van der Waals surface area contributed by atoms with Crippen LogP contribution in [0.3, 0.4) is 0 Å². The van der Waals surface area contributed by atoms with Crippen molar-refractivity contribution in [3.05, 3.63) is 54.2 Å². The maximum absolute atomic E-state index is 12.3. The minimum atomic E-state index is 0.128. The second kappa shape index (κ2) is 8.01. The monoisotopic (exact) mass is 338 g/mol. The molecule has 1 amide bonds. The predicted octanol–water partition coefficient (Wildman–Crippen LogP) is 2.48. The predicted molar refractivity (Wildman–Crippen MR) is 102 cm³/mol. The molecule has 1 aliphatic rings. The van der Waals surface area contributed by atoms with E-state index in [1.807, 2.05) is 44.6 Å². The highest BCUT2D eigenvalue weighted by Gasteiger charge is 2.24. The summed E-state index contributed by atoms with van der Waals surface area (Å²) in [7, 11) is 4.05. The molecule has 5 nitrogen and oxygen atoms in total. The minimum absolute atomic E-state index is 0.128. The van der Waals surface area contributed by atoms with Gasteiger partial charge < -0.3 is 15.1 Å². The van der Waals surface area contributed by atoms with E-state index >= 15 is 0 Å². The molecule has 2 heterocycles. The largest absolute Gasteiger partial charge is 0.378 e. The number of hydrogen-bond acceptors (Lipinski definition) is 4. The van der Waals surface area contributed by atoms with Gasteiger partial charge in [-0.05, 0) is 42.7 Å². The lowest BCUT2D eigenvalue weighted by Gasteiger charge is -2.18. The van der Waals surface area contributed by atoms with Crippen molar-refractivity contribution >= 4 is 17.4 Å². The third-order valence-corrected chi connectivity index (χ3v) is 4.59. The number of benzene rings is 1. The Bertz CT molecular complexity index is 702. The zero-order valence-corrected chi connectivity index (χ0v) is 15.0. The summed E-state index contributed by atoms with van der Waals surface area (Å²) >= 11 is 0. The van der Waals surface area contributed by atoms with E-state index < -0.39 is 0 Å². The van der Waals surface area contributed by atoms with Crippen LogP contribution < -0.4 is 15.1 Å². The lowest BCUT2D eigenvalue weighted by molar-refractivity contribution is -0.121. The van der Waals surface area contributed by atoms with E-state index in [4.69, 9.17) is 0 Å². The molecule has 1 aromatic heterocycles. The quantitative estimate of drug-likeness (QED) is 0.879. The molecule has 1 aromatic carbocycles. The van der Waals surface area contributed by atoms with Gasteiger partial charge in [-0.2, -0.15) is 0 Å². The molecule has 1 unspecified atom stereocenters. The Hall–Kier alpha value is -2.56. The van der Waals surface area contributed by atoms with Crippen molar-refractivity contribution in [2.24, 2.45) is 0 Å². The van der Waals surface area contributed by atoms with E-state index in [9.17, 15) is 4.79 Å². The number of carbonyl (C=O) groups excluding carboxylic acids is 1. The fraction of sp³-hybridized carbons (Fsp3) is 0.400. The molecule has 0 aliphatic carbocycles. The van der Waals surface area contributed by atoms with E-state index in [2.05, 4.69) is 38.3 Å². The zero-order chi connectivity index (χ0) is 17.6. The Kier molecular flexibility index (Phi) is 5.53. The number of rotatable bonds is 6. The van der Waals surface area contributed by atoms with Gasteiger partial charge in [0.1, 0.15) is 5.82 Å². The summed E-state index contributed by atoms with van der Waals surface area (Å²) in [6.45, 7) is 1.77. The van der Waals surface area contributed by atoms with Crippen LogP contribution >= 0.6 is 0 Å². The minimum Gasteiger partial charge on any atom is -0.378 e. The van der Waals surface area contributed by atoms with E-state index in [1.165, 1.54) is 11.3 Å². The maximum atomic E-state index is 12.3. The first-order valence-electron chi connectivity index (χ1n) is 8.83. The summed E-state index contributed by atoms with van der Waals surface area (Å²) in [5.74, 6) is 1.11. The molecular weight excluding hydrogens is 312 g/mol. The van der Waals surface area contributed by atoms with Crippen molar-refractivity contribution in [3.63, 3.8) is 0 Å². The van der Waals surface area contributed by atoms with Gasteiger partial charge in [0.15, 0.2) is 0 Å². The summed E-state index contributed by atoms with van der Waals surface area (Å²) in [5.41, 5.74) is 2.36. The fourth-order valence-corrected chi connectivity index (χ4v) is 3.17. The zero-order valence-electron chi connectivity index (χ0n) is 15.0. The second-order valence-electron chi connectivity index (χ2n) is 6.75. The number of anilines is 2. The molecule has 1 N–H and O–H groups in total. The molecule has 132 valence electrons. The van der Waals surface area contributed by atoms with Crippen LogP contribution in [0.15, 0.2) is 48.7 Å². The molecule has 1 fully saturated rings.